The molecule has 0 amide bonds. The first kappa shape index (κ1) is 19.4. The van der Waals surface area contributed by atoms with Gasteiger partial charge in [0.05, 0.1) is 12.2 Å². The molecule has 1 aliphatic heterocycles. The fourth-order valence-corrected chi connectivity index (χ4v) is 2.92. The second kappa shape index (κ2) is 10.9. The Morgan fingerprint density at radius 2 is 1.96 bits per heavy atom. The molecule has 25 heavy (non-hydrogen) atoms. The van der Waals surface area contributed by atoms with E-state index in [9.17, 15) is 15.0 Å². The minimum atomic E-state index is -0.574. The maximum atomic E-state index is 11.1. The van der Waals surface area contributed by atoms with Gasteiger partial charge < -0.3 is 14.9 Å². The number of carbonyl (C=O) groups is 1. The lowest BCUT2D eigenvalue weighted by atomic mass is 10.0. The quantitative estimate of drug-likeness (QED) is 0.388. The molecular weight excluding hydrogens is 316 g/mol. The van der Waals surface area contributed by atoms with Crippen molar-refractivity contribution in [2.75, 3.05) is 0 Å². The number of aliphatic hydroxyl groups excluding tert-OH is 2. The van der Waals surface area contributed by atoms with Crippen molar-refractivity contribution in [2.45, 2.75) is 63.3 Å². The molecule has 0 aromatic heterocycles. The molecular formula is C21H28O4. The van der Waals surface area contributed by atoms with E-state index in [2.05, 4.69) is 12.1 Å². The van der Waals surface area contributed by atoms with E-state index in [0.717, 1.165) is 19.3 Å². The van der Waals surface area contributed by atoms with Gasteiger partial charge >= 0.3 is 5.97 Å². The minimum Gasteiger partial charge on any atom is -0.455 e. The third-order valence-electron chi connectivity index (χ3n) is 4.29. The molecule has 0 saturated heterocycles. The number of hydrogen-bond acceptors (Lipinski definition) is 4. The molecule has 4 heteroatoms. The normalized spacial score (nSPS) is 19.8. The van der Waals surface area contributed by atoms with Crippen LogP contribution in [0.3, 0.4) is 0 Å². The number of cyclic esters (lactones) is 1. The Labute approximate surface area is 149 Å². The summed E-state index contributed by atoms with van der Waals surface area (Å²) in [6, 6.07) is 10.3. The van der Waals surface area contributed by atoms with Crippen molar-refractivity contribution in [3.8, 4) is 0 Å². The molecule has 1 aliphatic rings. The molecule has 0 aliphatic carbocycles. The van der Waals surface area contributed by atoms with Crippen LogP contribution >= 0.6 is 0 Å². The van der Waals surface area contributed by atoms with Gasteiger partial charge in [0.15, 0.2) is 0 Å². The van der Waals surface area contributed by atoms with Crippen molar-refractivity contribution in [3.63, 3.8) is 0 Å². The third-order valence-corrected chi connectivity index (χ3v) is 4.29. The van der Waals surface area contributed by atoms with E-state index in [-0.39, 0.29) is 12.1 Å². The van der Waals surface area contributed by atoms with Crippen LogP contribution < -0.4 is 0 Å². The number of hydrogen-bond donors (Lipinski definition) is 2. The first-order valence-electron chi connectivity index (χ1n) is 9.07. The summed E-state index contributed by atoms with van der Waals surface area (Å²) in [6.45, 7) is 0. The molecule has 2 N–H and O–H groups in total. The Balaban J connectivity index is 1.56. The average Bonchev–Trinajstić information content (AvgIpc) is 2.60. The number of rotatable bonds is 10. The van der Waals surface area contributed by atoms with E-state index in [4.69, 9.17) is 4.74 Å². The van der Waals surface area contributed by atoms with Gasteiger partial charge in [0, 0.05) is 12.5 Å². The number of esters is 1. The lowest BCUT2D eigenvalue weighted by molar-refractivity contribution is -0.141. The molecule has 0 fully saturated rings. The molecule has 3 atom stereocenters. The van der Waals surface area contributed by atoms with Crippen molar-refractivity contribution in [1.82, 2.24) is 0 Å². The van der Waals surface area contributed by atoms with Crippen LogP contribution in [0.2, 0.25) is 0 Å². The summed E-state index contributed by atoms with van der Waals surface area (Å²) in [7, 11) is 0. The highest BCUT2D eigenvalue weighted by Crippen LogP contribution is 2.13. The summed E-state index contributed by atoms with van der Waals surface area (Å²) in [5, 5.41) is 20.0. The standard InChI is InChI=1S/C21H28O4/c22-18(11-5-4-10-17-8-2-1-3-9-17)16-19(23)12-6-13-20-14-7-15-21(24)25-20/h1-3,6-9,13,15,18-20,22-23H,4-5,10-12,14,16H2/b13-6+/t18-,19-,20+/m1/s1. The molecule has 0 saturated carbocycles. The number of ether oxygens (including phenoxy) is 1. The summed E-state index contributed by atoms with van der Waals surface area (Å²) in [5.41, 5.74) is 1.32. The fraction of sp³-hybridized carbons (Fsp3) is 0.476. The molecule has 0 spiro atoms. The lowest BCUT2D eigenvalue weighted by Crippen LogP contribution is -2.19. The Morgan fingerprint density at radius 3 is 2.72 bits per heavy atom. The van der Waals surface area contributed by atoms with Crippen LogP contribution in [0.5, 0.6) is 0 Å². The molecule has 0 radical (unpaired) electrons. The molecule has 1 aromatic rings. The topological polar surface area (TPSA) is 66.8 Å². The van der Waals surface area contributed by atoms with Crippen LogP contribution in [0.25, 0.3) is 0 Å². The van der Waals surface area contributed by atoms with Crippen LogP contribution in [0.15, 0.2) is 54.6 Å². The van der Waals surface area contributed by atoms with Crippen LogP contribution in [-0.2, 0) is 16.0 Å². The summed E-state index contributed by atoms with van der Waals surface area (Å²) in [4.78, 5) is 11.1. The van der Waals surface area contributed by atoms with E-state index in [1.807, 2.05) is 24.3 Å². The highest BCUT2D eigenvalue weighted by molar-refractivity contribution is 5.82. The van der Waals surface area contributed by atoms with Crippen LogP contribution in [-0.4, -0.2) is 34.5 Å². The van der Waals surface area contributed by atoms with Gasteiger partial charge in [0.2, 0.25) is 0 Å². The van der Waals surface area contributed by atoms with Crippen molar-refractivity contribution in [2.24, 2.45) is 0 Å². The molecule has 136 valence electrons. The Bertz CT molecular complexity index is 565. The minimum absolute atomic E-state index is 0.243. The summed E-state index contributed by atoms with van der Waals surface area (Å²) >= 11 is 0. The van der Waals surface area contributed by atoms with Crippen molar-refractivity contribution in [3.05, 3.63) is 60.2 Å². The van der Waals surface area contributed by atoms with Gasteiger partial charge in [-0.25, -0.2) is 4.79 Å². The van der Waals surface area contributed by atoms with Crippen LogP contribution in [0.4, 0.5) is 0 Å². The summed E-state index contributed by atoms with van der Waals surface area (Å²) in [6.07, 6.45) is 10.8. The number of aryl methyl sites for hydroxylation is 1. The van der Waals surface area contributed by atoms with Gasteiger partial charge in [0.25, 0.3) is 0 Å². The number of aliphatic hydroxyl groups is 2. The Hall–Kier alpha value is -1.91. The zero-order valence-electron chi connectivity index (χ0n) is 14.6. The Morgan fingerprint density at radius 1 is 1.16 bits per heavy atom. The maximum absolute atomic E-state index is 11.1. The summed E-state index contributed by atoms with van der Waals surface area (Å²) in [5.74, 6) is -0.327. The van der Waals surface area contributed by atoms with Crippen molar-refractivity contribution < 1.29 is 19.7 Å². The molecule has 2 rings (SSSR count). The molecule has 0 bridgehead atoms. The second-order valence-corrected chi connectivity index (χ2v) is 6.55. The van der Waals surface area contributed by atoms with Crippen molar-refractivity contribution in [1.29, 1.82) is 0 Å². The largest absolute Gasteiger partial charge is 0.455 e. The van der Waals surface area contributed by atoms with Gasteiger partial charge in [-0.3, -0.25) is 0 Å². The zero-order chi connectivity index (χ0) is 17.9. The lowest BCUT2D eigenvalue weighted by Gasteiger charge is -2.16. The third kappa shape index (κ3) is 8.14. The van der Waals surface area contributed by atoms with E-state index in [0.29, 0.717) is 25.7 Å². The average molecular weight is 344 g/mol. The predicted octanol–water partition coefficient (Wildman–Crippen LogP) is 3.33. The van der Waals surface area contributed by atoms with Gasteiger partial charge in [-0.1, -0.05) is 48.9 Å². The smallest absolute Gasteiger partial charge is 0.331 e. The first-order valence-corrected chi connectivity index (χ1v) is 9.07. The molecule has 0 unspecified atom stereocenters. The van der Waals surface area contributed by atoms with Crippen LogP contribution in [0, 0.1) is 0 Å². The summed E-state index contributed by atoms with van der Waals surface area (Å²) < 4.78 is 5.11. The number of carbonyl (C=O) groups excluding carboxylic acids is 1. The predicted molar refractivity (Wildman–Crippen MR) is 98.0 cm³/mol. The highest BCUT2D eigenvalue weighted by atomic mass is 16.5. The van der Waals surface area contributed by atoms with Gasteiger partial charge in [0.1, 0.15) is 6.10 Å². The number of benzene rings is 1. The van der Waals surface area contributed by atoms with Gasteiger partial charge in [-0.15, -0.1) is 0 Å². The Kier molecular flexibility index (Phi) is 8.43. The highest BCUT2D eigenvalue weighted by Gasteiger charge is 2.14. The van der Waals surface area contributed by atoms with Crippen LogP contribution in [0.1, 0.15) is 44.1 Å². The first-order chi connectivity index (χ1) is 12.1. The van der Waals surface area contributed by atoms with E-state index in [1.54, 1.807) is 12.2 Å². The fourth-order valence-electron chi connectivity index (χ4n) is 2.92. The van der Waals surface area contributed by atoms with E-state index < -0.39 is 12.2 Å². The second-order valence-electron chi connectivity index (χ2n) is 6.55. The molecule has 1 aromatic carbocycles. The molecule has 1 heterocycles. The maximum Gasteiger partial charge on any atom is 0.331 e. The van der Waals surface area contributed by atoms with Gasteiger partial charge in [-0.05, 0) is 43.7 Å². The van der Waals surface area contributed by atoms with E-state index in [1.165, 1.54) is 11.6 Å². The zero-order valence-corrected chi connectivity index (χ0v) is 14.6. The SMILES string of the molecule is O=C1C=CC[C@H](/C=C/C[C@@H](O)C[C@H](O)CCCCc2ccccc2)O1. The monoisotopic (exact) mass is 344 g/mol. The van der Waals surface area contributed by atoms with E-state index >= 15 is 0 Å². The number of unbranched alkanes of at least 4 members (excludes halogenated alkanes) is 1. The van der Waals surface area contributed by atoms with Gasteiger partial charge in [-0.2, -0.15) is 0 Å². The van der Waals surface area contributed by atoms with Crippen molar-refractivity contribution >= 4 is 5.97 Å². The molecule has 4 nitrogen and oxygen atoms in total.